The Morgan fingerprint density at radius 1 is 0.939 bits per heavy atom. The Balaban J connectivity index is 1.45. The van der Waals surface area contributed by atoms with Crippen LogP contribution in [0.3, 0.4) is 0 Å². The second-order valence-electron chi connectivity index (χ2n) is 8.08. The smallest absolute Gasteiger partial charge is 0.293 e. The van der Waals surface area contributed by atoms with Gasteiger partial charge in [-0.15, -0.1) is 0 Å². The van der Waals surface area contributed by atoms with Gasteiger partial charge in [0.15, 0.2) is 0 Å². The molecule has 3 aromatic carbocycles. The number of thioether (sulfide) groups is 1. The molecule has 33 heavy (non-hydrogen) atoms. The van der Waals surface area contributed by atoms with Crippen LogP contribution in [0.25, 0.3) is 22.5 Å². The topological polar surface area (TPSA) is 62.5 Å². The number of fused-ring (bicyclic) bond motifs is 1. The Hall–Kier alpha value is -3.77. The number of phenolic OH excluding ortho intramolecular Hbond substituents is 1. The average molecular weight is 455 g/mol. The first-order chi connectivity index (χ1) is 15.9. The summed E-state index contributed by atoms with van der Waals surface area (Å²) in [6.07, 6.45) is 1.80. The van der Waals surface area contributed by atoms with Gasteiger partial charge in [0.05, 0.1) is 11.4 Å². The summed E-state index contributed by atoms with van der Waals surface area (Å²) < 4.78 is 2.06. The van der Waals surface area contributed by atoms with E-state index in [1.807, 2.05) is 74.5 Å². The molecule has 0 spiro atoms. The number of carbonyl (C=O) groups is 2. The Bertz CT molecular complexity index is 1430. The number of imide groups is 1. The van der Waals surface area contributed by atoms with E-state index in [4.69, 9.17) is 0 Å². The van der Waals surface area contributed by atoms with Gasteiger partial charge in [0.25, 0.3) is 11.1 Å². The van der Waals surface area contributed by atoms with Crippen LogP contribution in [-0.2, 0) is 11.3 Å². The number of phenols is 1. The minimum Gasteiger partial charge on any atom is -0.508 e. The van der Waals surface area contributed by atoms with Crippen LogP contribution in [0, 0.1) is 13.8 Å². The number of rotatable bonds is 4. The average Bonchev–Trinajstić information content (AvgIpc) is 3.24. The van der Waals surface area contributed by atoms with E-state index in [2.05, 4.69) is 4.57 Å². The van der Waals surface area contributed by atoms with Crippen molar-refractivity contribution in [1.82, 2.24) is 9.47 Å². The van der Waals surface area contributed by atoms with Crippen molar-refractivity contribution in [2.24, 2.45) is 0 Å². The lowest BCUT2D eigenvalue weighted by Crippen LogP contribution is -2.27. The normalized spacial score (nSPS) is 15.2. The van der Waals surface area contributed by atoms with E-state index in [1.54, 1.807) is 18.2 Å². The molecule has 6 heteroatoms. The Morgan fingerprint density at radius 3 is 2.45 bits per heavy atom. The van der Waals surface area contributed by atoms with Crippen molar-refractivity contribution in [3.63, 3.8) is 0 Å². The molecular weight excluding hydrogens is 432 g/mol. The van der Waals surface area contributed by atoms with E-state index in [1.165, 1.54) is 4.90 Å². The zero-order valence-corrected chi connectivity index (χ0v) is 19.1. The van der Waals surface area contributed by atoms with Gasteiger partial charge in [0, 0.05) is 17.1 Å². The quantitative estimate of drug-likeness (QED) is 0.374. The standard InChI is InChI=1S/C27H22N2O3S/c1-17-14-21(18(2)29(17)22-10-12-23(30)13-11-22)15-25-26(31)28(27(32)33-25)16-20-8-5-7-19-6-3-4-9-24(19)20/h3-15,30H,16H2,1-2H3/b25-15+. The van der Waals surface area contributed by atoms with Crippen molar-refractivity contribution in [2.75, 3.05) is 0 Å². The predicted octanol–water partition coefficient (Wildman–Crippen LogP) is 6.19. The third-order valence-electron chi connectivity index (χ3n) is 5.95. The predicted molar refractivity (Wildman–Crippen MR) is 132 cm³/mol. The van der Waals surface area contributed by atoms with Crippen LogP contribution in [0.15, 0.2) is 77.7 Å². The van der Waals surface area contributed by atoms with Gasteiger partial charge >= 0.3 is 0 Å². The maximum absolute atomic E-state index is 13.2. The second-order valence-corrected chi connectivity index (χ2v) is 9.08. The molecule has 1 aliphatic heterocycles. The molecule has 0 unspecified atom stereocenters. The highest BCUT2D eigenvalue weighted by molar-refractivity contribution is 8.18. The van der Waals surface area contributed by atoms with E-state index in [0.717, 1.165) is 50.7 Å². The van der Waals surface area contributed by atoms with Gasteiger partial charge in [-0.2, -0.15) is 0 Å². The summed E-state index contributed by atoms with van der Waals surface area (Å²) in [5.74, 6) is -0.0614. The van der Waals surface area contributed by atoms with Crippen LogP contribution in [0.1, 0.15) is 22.5 Å². The van der Waals surface area contributed by atoms with Crippen molar-refractivity contribution in [3.05, 3.63) is 100 Å². The zero-order chi connectivity index (χ0) is 23.1. The summed E-state index contributed by atoms with van der Waals surface area (Å²) >= 11 is 0.979. The third-order valence-corrected chi connectivity index (χ3v) is 6.85. The number of aromatic nitrogens is 1. The molecule has 0 radical (unpaired) electrons. The highest BCUT2D eigenvalue weighted by atomic mass is 32.2. The molecule has 1 saturated heterocycles. The fraction of sp³-hybridized carbons (Fsp3) is 0.111. The Kier molecular flexibility index (Phi) is 5.30. The number of hydrogen-bond donors (Lipinski definition) is 1. The van der Waals surface area contributed by atoms with Gasteiger partial charge in [0.2, 0.25) is 0 Å². The van der Waals surface area contributed by atoms with Gasteiger partial charge in [-0.05, 0) is 83.9 Å². The van der Waals surface area contributed by atoms with Crippen LogP contribution in [0.4, 0.5) is 4.79 Å². The first kappa shape index (κ1) is 21.1. The SMILES string of the molecule is Cc1cc(/C=C2/SC(=O)N(Cc3cccc4ccccc34)C2=O)c(C)n1-c1ccc(O)cc1. The largest absolute Gasteiger partial charge is 0.508 e. The van der Waals surface area contributed by atoms with Gasteiger partial charge < -0.3 is 9.67 Å². The molecule has 1 fully saturated rings. The van der Waals surface area contributed by atoms with E-state index < -0.39 is 0 Å². The van der Waals surface area contributed by atoms with Crippen LogP contribution >= 0.6 is 11.8 Å². The van der Waals surface area contributed by atoms with Gasteiger partial charge in [-0.25, -0.2) is 0 Å². The number of amides is 2. The highest BCUT2D eigenvalue weighted by Crippen LogP contribution is 2.35. The molecular formula is C27H22N2O3S. The monoisotopic (exact) mass is 454 g/mol. The minimum atomic E-state index is -0.271. The first-order valence-corrected chi connectivity index (χ1v) is 11.4. The molecule has 1 N–H and O–H groups in total. The number of hydrogen-bond acceptors (Lipinski definition) is 4. The molecule has 4 aromatic rings. The molecule has 5 nitrogen and oxygen atoms in total. The molecule has 0 bridgehead atoms. The molecule has 164 valence electrons. The lowest BCUT2D eigenvalue weighted by molar-refractivity contribution is -0.123. The molecule has 0 saturated carbocycles. The molecule has 1 aliphatic rings. The highest BCUT2D eigenvalue weighted by Gasteiger charge is 2.35. The molecule has 2 amide bonds. The molecule has 0 aliphatic carbocycles. The van der Waals surface area contributed by atoms with Gasteiger partial charge in [-0.3, -0.25) is 14.5 Å². The van der Waals surface area contributed by atoms with Crippen LogP contribution < -0.4 is 0 Å². The number of aryl methyl sites for hydroxylation is 1. The number of nitrogens with zero attached hydrogens (tertiary/aromatic N) is 2. The van der Waals surface area contributed by atoms with Crippen molar-refractivity contribution in [1.29, 1.82) is 0 Å². The van der Waals surface area contributed by atoms with E-state index in [0.29, 0.717) is 4.91 Å². The van der Waals surface area contributed by atoms with Crippen LogP contribution in [0.2, 0.25) is 0 Å². The first-order valence-electron chi connectivity index (χ1n) is 10.6. The number of aromatic hydroxyl groups is 1. The summed E-state index contributed by atoms with van der Waals surface area (Å²) in [7, 11) is 0. The van der Waals surface area contributed by atoms with Crippen molar-refractivity contribution in [2.45, 2.75) is 20.4 Å². The maximum Gasteiger partial charge on any atom is 0.293 e. The fourth-order valence-electron chi connectivity index (χ4n) is 4.31. The fourth-order valence-corrected chi connectivity index (χ4v) is 5.14. The molecule has 2 heterocycles. The number of carbonyl (C=O) groups excluding carboxylic acids is 2. The van der Waals surface area contributed by atoms with E-state index in [-0.39, 0.29) is 23.4 Å². The summed E-state index contributed by atoms with van der Waals surface area (Å²) in [6.45, 7) is 4.21. The van der Waals surface area contributed by atoms with Gasteiger partial charge in [-0.1, -0.05) is 42.5 Å². The second kappa shape index (κ2) is 8.30. The summed E-state index contributed by atoms with van der Waals surface area (Å²) in [6, 6.07) is 22.9. The van der Waals surface area contributed by atoms with Crippen LogP contribution in [0.5, 0.6) is 5.75 Å². The van der Waals surface area contributed by atoms with E-state index in [9.17, 15) is 14.7 Å². The summed E-state index contributed by atoms with van der Waals surface area (Å²) in [5, 5.41) is 11.5. The maximum atomic E-state index is 13.2. The Labute approximate surface area is 196 Å². The Morgan fingerprint density at radius 2 is 1.67 bits per heavy atom. The van der Waals surface area contributed by atoms with Crippen molar-refractivity contribution in [3.8, 4) is 11.4 Å². The van der Waals surface area contributed by atoms with Gasteiger partial charge in [0.1, 0.15) is 5.75 Å². The van der Waals surface area contributed by atoms with Crippen LogP contribution in [-0.4, -0.2) is 25.7 Å². The molecule has 0 atom stereocenters. The third kappa shape index (κ3) is 3.83. The lowest BCUT2D eigenvalue weighted by Gasteiger charge is -2.14. The minimum absolute atomic E-state index is 0.210. The zero-order valence-electron chi connectivity index (χ0n) is 18.3. The summed E-state index contributed by atoms with van der Waals surface area (Å²) in [4.78, 5) is 27.6. The lowest BCUT2D eigenvalue weighted by atomic mass is 10.0. The molecule has 1 aromatic heterocycles. The van der Waals surface area contributed by atoms with Crippen molar-refractivity contribution >= 4 is 39.8 Å². The van der Waals surface area contributed by atoms with Crippen molar-refractivity contribution < 1.29 is 14.7 Å². The summed E-state index contributed by atoms with van der Waals surface area (Å²) in [5.41, 5.74) is 4.71. The van der Waals surface area contributed by atoms with E-state index >= 15 is 0 Å². The number of benzene rings is 3. The molecule has 5 rings (SSSR count).